The second-order valence-corrected chi connectivity index (χ2v) is 6.30. The van der Waals surface area contributed by atoms with Gasteiger partial charge in [0.15, 0.2) is 0 Å². The average molecular weight is 272 g/mol. The highest BCUT2D eigenvalue weighted by atomic mass is 32.1. The second kappa shape index (κ2) is 3.91. The molecule has 1 aliphatic rings. The van der Waals surface area contributed by atoms with Crippen LogP contribution >= 0.6 is 22.7 Å². The Bertz CT molecular complexity index is 700. The summed E-state index contributed by atoms with van der Waals surface area (Å²) in [6.45, 7) is 3.65. The Morgan fingerprint density at radius 1 is 1.00 bits per heavy atom. The fraction of sp³-hybridized carbons (Fsp3) is 0.143. The molecule has 0 N–H and O–H groups in total. The van der Waals surface area contributed by atoms with Gasteiger partial charge in [0.1, 0.15) is 0 Å². The molecule has 0 saturated carbocycles. The van der Waals surface area contributed by atoms with Crippen molar-refractivity contribution < 1.29 is 9.59 Å². The number of rotatable bonds is 0. The summed E-state index contributed by atoms with van der Waals surface area (Å²) in [5, 5.41) is 0. The molecule has 0 spiro atoms. The maximum absolute atomic E-state index is 12.3. The molecule has 4 heteroatoms. The van der Waals surface area contributed by atoms with Gasteiger partial charge in [0.2, 0.25) is 11.6 Å². The summed E-state index contributed by atoms with van der Waals surface area (Å²) in [7, 11) is 0. The third-order valence-corrected chi connectivity index (χ3v) is 4.84. The van der Waals surface area contributed by atoms with Crippen LogP contribution in [-0.4, -0.2) is 11.6 Å². The zero-order valence-corrected chi connectivity index (χ0v) is 11.4. The number of hydrogen-bond donors (Lipinski definition) is 0. The van der Waals surface area contributed by atoms with Crippen LogP contribution in [0.3, 0.4) is 0 Å². The molecule has 0 saturated heterocycles. The fourth-order valence-electron chi connectivity index (χ4n) is 2.01. The molecule has 1 aliphatic carbocycles. The van der Waals surface area contributed by atoms with Crippen LogP contribution < -0.4 is 0 Å². The highest BCUT2D eigenvalue weighted by molar-refractivity contribution is 7.17. The normalized spacial score (nSPS) is 12.8. The summed E-state index contributed by atoms with van der Waals surface area (Å²) in [6, 6.07) is 3.53. The Kier molecular flexibility index (Phi) is 2.47. The molecule has 2 heterocycles. The Hall–Kier alpha value is -1.70. The van der Waals surface area contributed by atoms with E-state index < -0.39 is 0 Å². The highest BCUT2D eigenvalue weighted by Gasteiger charge is 2.33. The van der Waals surface area contributed by atoms with Crippen molar-refractivity contribution in [2.75, 3.05) is 0 Å². The Labute approximate surface area is 112 Å². The molecule has 2 nitrogen and oxygen atoms in total. The first-order chi connectivity index (χ1) is 8.61. The molecule has 0 fully saturated rings. The molecular weight excluding hydrogens is 264 g/mol. The first-order valence-electron chi connectivity index (χ1n) is 5.38. The summed E-state index contributed by atoms with van der Waals surface area (Å²) >= 11 is 2.69. The predicted octanol–water partition coefficient (Wildman–Crippen LogP) is 3.26. The third-order valence-electron chi connectivity index (χ3n) is 2.74. The number of thiophene rings is 2. The lowest BCUT2D eigenvalue weighted by atomic mass is 9.96. The molecule has 0 unspecified atom stereocenters. The molecule has 3 rings (SSSR count). The lowest BCUT2D eigenvalue weighted by Crippen LogP contribution is -2.15. The second-order valence-electron chi connectivity index (χ2n) is 3.99. The first-order valence-corrected chi connectivity index (χ1v) is 7.01. The predicted molar refractivity (Wildman–Crippen MR) is 72.8 cm³/mol. The minimum Gasteiger partial charge on any atom is -0.288 e. The van der Waals surface area contributed by atoms with Crippen molar-refractivity contribution in [2.24, 2.45) is 0 Å². The van der Waals surface area contributed by atoms with E-state index in [1.54, 1.807) is 19.1 Å². The zero-order chi connectivity index (χ0) is 12.9. The van der Waals surface area contributed by atoms with Gasteiger partial charge < -0.3 is 0 Å². The van der Waals surface area contributed by atoms with E-state index in [1.807, 2.05) is 6.92 Å². The van der Waals surface area contributed by atoms with E-state index in [0.29, 0.717) is 20.9 Å². The molecule has 2 aromatic rings. The van der Waals surface area contributed by atoms with Crippen LogP contribution in [-0.2, 0) is 0 Å². The van der Waals surface area contributed by atoms with Crippen molar-refractivity contribution >= 4 is 34.2 Å². The maximum Gasteiger partial charge on any atom is 0.205 e. The Morgan fingerprint density at radius 2 is 1.61 bits per heavy atom. The number of hydrogen-bond acceptors (Lipinski definition) is 4. The number of aryl methyl sites for hydroxylation is 1. The third kappa shape index (κ3) is 1.48. The van der Waals surface area contributed by atoms with Gasteiger partial charge in [-0.15, -0.1) is 28.6 Å². The van der Waals surface area contributed by atoms with Crippen LogP contribution in [0.4, 0.5) is 0 Å². The van der Waals surface area contributed by atoms with Gasteiger partial charge in [0.25, 0.3) is 0 Å². The van der Waals surface area contributed by atoms with Crippen LogP contribution in [0.5, 0.6) is 0 Å². The van der Waals surface area contributed by atoms with E-state index in [4.69, 9.17) is 0 Å². The number of carbonyl (C=O) groups excluding carboxylic acids is 2. The average Bonchev–Trinajstić information content (AvgIpc) is 2.91. The SMILES string of the molecule is CC#Cc1cc2c(s1)C(=O)c1cc(C)sc1C2=O. The van der Waals surface area contributed by atoms with Gasteiger partial charge in [-0.2, -0.15) is 0 Å². The molecule has 0 bridgehead atoms. The minimum absolute atomic E-state index is 0.0434. The minimum atomic E-state index is -0.0434. The Balaban J connectivity index is 2.24. The summed E-state index contributed by atoms with van der Waals surface area (Å²) in [5.74, 6) is 5.60. The summed E-state index contributed by atoms with van der Waals surface area (Å²) in [6.07, 6.45) is 0. The van der Waals surface area contributed by atoms with E-state index in [0.717, 1.165) is 9.75 Å². The monoisotopic (exact) mass is 272 g/mol. The van der Waals surface area contributed by atoms with Gasteiger partial charge >= 0.3 is 0 Å². The zero-order valence-electron chi connectivity index (χ0n) is 9.79. The van der Waals surface area contributed by atoms with Gasteiger partial charge in [0.05, 0.1) is 14.6 Å². The highest BCUT2D eigenvalue weighted by Crippen LogP contribution is 2.36. The van der Waals surface area contributed by atoms with Crippen LogP contribution in [0.15, 0.2) is 12.1 Å². The lowest BCUT2D eigenvalue weighted by molar-refractivity contribution is 0.0986. The Morgan fingerprint density at radius 3 is 2.28 bits per heavy atom. The summed E-state index contributed by atoms with van der Waals surface area (Å²) in [4.78, 5) is 27.5. The molecule has 0 aliphatic heterocycles. The van der Waals surface area contributed by atoms with Crippen molar-refractivity contribution in [3.8, 4) is 11.8 Å². The summed E-state index contributed by atoms with van der Waals surface area (Å²) < 4.78 is 0. The van der Waals surface area contributed by atoms with E-state index in [9.17, 15) is 9.59 Å². The quantitative estimate of drug-likeness (QED) is 0.589. The molecule has 0 radical (unpaired) electrons. The van der Waals surface area contributed by atoms with Crippen LogP contribution in [0.1, 0.15) is 47.1 Å². The van der Waals surface area contributed by atoms with Crippen LogP contribution in [0.25, 0.3) is 0 Å². The van der Waals surface area contributed by atoms with Crippen molar-refractivity contribution in [1.29, 1.82) is 0 Å². The van der Waals surface area contributed by atoms with Gasteiger partial charge in [-0.1, -0.05) is 5.92 Å². The van der Waals surface area contributed by atoms with Crippen molar-refractivity contribution in [2.45, 2.75) is 13.8 Å². The standard InChI is InChI=1S/C14H8O2S2/c1-3-4-8-6-10-12(16)13-9(5-7(2)17-13)11(15)14(10)18-8/h5-6H,1-2H3. The topological polar surface area (TPSA) is 34.1 Å². The van der Waals surface area contributed by atoms with E-state index in [1.165, 1.54) is 22.7 Å². The van der Waals surface area contributed by atoms with Crippen molar-refractivity contribution in [3.05, 3.63) is 42.8 Å². The van der Waals surface area contributed by atoms with Gasteiger partial charge in [0, 0.05) is 16.0 Å². The maximum atomic E-state index is 12.3. The number of carbonyl (C=O) groups is 2. The van der Waals surface area contributed by atoms with Crippen LogP contribution in [0, 0.1) is 18.8 Å². The van der Waals surface area contributed by atoms with Gasteiger partial charge in [-0.3, -0.25) is 9.59 Å². The molecule has 0 aromatic carbocycles. The molecule has 18 heavy (non-hydrogen) atoms. The number of fused-ring (bicyclic) bond motifs is 2. The largest absolute Gasteiger partial charge is 0.288 e. The molecule has 88 valence electrons. The number of ketones is 2. The summed E-state index contributed by atoms with van der Waals surface area (Å²) in [5.41, 5.74) is 1.06. The van der Waals surface area contributed by atoms with Crippen LogP contribution in [0.2, 0.25) is 0 Å². The first kappa shape index (κ1) is 11.4. The van der Waals surface area contributed by atoms with E-state index in [2.05, 4.69) is 11.8 Å². The molecule has 0 amide bonds. The fourth-order valence-corrected chi connectivity index (χ4v) is 3.99. The molecular formula is C14H8O2S2. The molecule has 2 aromatic heterocycles. The molecule has 0 atom stereocenters. The lowest BCUT2D eigenvalue weighted by Gasteiger charge is -2.08. The van der Waals surface area contributed by atoms with Gasteiger partial charge in [-0.25, -0.2) is 0 Å². The van der Waals surface area contributed by atoms with Crippen molar-refractivity contribution in [3.63, 3.8) is 0 Å². The van der Waals surface area contributed by atoms with Gasteiger partial charge in [-0.05, 0) is 26.0 Å². The van der Waals surface area contributed by atoms with E-state index >= 15 is 0 Å². The van der Waals surface area contributed by atoms with Crippen molar-refractivity contribution in [1.82, 2.24) is 0 Å². The van der Waals surface area contributed by atoms with E-state index in [-0.39, 0.29) is 11.6 Å². The smallest absolute Gasteiger partial charge is 0.205 e.